The molecule has 3 rings (SSSR count). The Hall–Kier alpha value is -1.71. The Labute approximate surface area is 128 Å². The summed E-state index contributed by atoms with van der Waals surface area (Å²) < 4.78 is 0. The summed E-state index contributed by atoms with van der Waals surface area (Å²) in [5, 5.41) is 5.82. The number of nitrogens with zero attached hydrogens (tertiary/aromatic N) is 1. The third-order valence-corrected chi connectivity index (χ3v) is 3.80. The Kier molecular flexibility index (Phi) is 3.81. The largest absolute Gasteiger partial charge is 0.376 e. The molecule has 0 saturated carbocycles. The predicted molar refractivity (Wildman–Crippen MR) is 89.5 cm³/mol. The molecule has 4 heteroatoms. The summed E-state index contributed by atoms with van der Waals surface area (Å²) >= 11 is 11.2. The number of anilines is 1. The van der Waals surface area contributed by atoms with Gasteiger partial charge in [-0.25, -0.2) is 0 Å². The molecule has 1 unspecified atom stereocenters. The molecule has 0 saturated heterocycles. The van der Waals surface area contributed by atoms with Crippen LogP contribution in [0, 0.1) is 0 Å². The van der Waals surface area contributed by atoms with Crippen LogP contribution < -0.4 is 5.32 Å². The molecule has 100 valence electrons. The lowest BCUT2D eigenvalue weighted by Crippen LogP contribution is -2.22. The summed E-state index contributed by atoms with van der Waals surface area (Å²) in [6, 6.07) is 16.0. The van der Waals surface area contributed by atoms with Crippen LogP contribution in [0.1, 0.15) is 11.1 Å². The molecule has 1 aliphatic rings. The predicted octanol–water partition coefficient (Wildman–Crippen LogP) is 3.97. The average molecular weight is 301 g/mol. The molecule has 1 aliphatic heterocycles. The van der Waals surface area contributed by atoms with E-state index in [0.717, 1.165) is 22.5 Å². The molecule has 2 nitrogen and oxygen atoms in total. The number of benzene rings is 2. The number of fused-ring (bicyclic) bond motifs is 1. The summed E-state index contributed by atoms with van der Waals surface area (Å²) in [7, 11) is 0. The number of thiocarbonyl (C=S) groups is 1. The van der Waals surface area contributed by atoms with E-state index in [-0.39, 0.29) is 6.04 Å². The Bertz CT molecular complexity index is 667. The van der Waals surface area contributed by atoms with Crippen molar-refractivity contribution in [2.24, 2.45) is 4.99 Å². The number of rotatable bonds is 2. The van der Waals surface area contributed by atoms with Crippen molar-refractivity contribution in [1.82, 2.24) is 0 Å². The monoisotopic (exact) mass is 300 g/mol. The van der Waals surface area contributed by atoms with Crippen molar-refractivity contribution in [2.45, 2.75) is 6.04 Å². The van der Waals surface area contributed by atoms with Gasteiger partial charge in [0.15, 0.2) is 0 Å². The van der Waals surface area contributed by atoms with Gasteiger partial charge < -0.3 is 5.32 Å². The minimum atomic E-state index is 0.0612. The summed E-state index contributed by atoms with van der Waals surface area (Å²) in [5.41, 5.74) is 4.07. The van der Waals surface area contributed by atoms with Crippen molar-refractivity contribution >= 4 is 40.6 Å². The van der Waals surface area contributed by atoms with Crippen molar-refractivity contribution < 1.29 is 0 Å². The minimum absolute atomic E-state index is 0.0612. The third kappa shape index (κ3) is 2.60. The van der Waals surface area contributed by atoms with Gasteiger partial charge in [0.2, 0.25) is 0 Å². The van der Waals surface area contributed by atoms with Gasteiger partial charge in [-0.05, 0) is 18.2 Å². The van der Waals surface area contributed by atoms with E-state index < -0.39 is 0 Å². The van der Waals surface area contributed by atoms with E-state index in [0.29, 0.717) is 11.6 Å². The van der Waals surface area contributed by atoms with Crippen molar-refractivity contribution in [3.05, 3.63) is 64.7 Å². The fraction of sp³-hybridized carbons (Fsp3) is 0.125. The van der Waals surface area contributed by atoms with E-state index in [4.69, 9.17) is 28.8 Å². The van der Waals surface area contributed by atoms with Crippen LogP contribution in [0.15, 0.2) is 53.5 Å². The maximum absolute atomic E-state index is 6.14. The molecule has 0 fully saturated rings. The first-order chi connectivity index (χ1) is 9.78. The number of nitrogens with one attached hydrogen (secondary N) is 1. The van der Waals surface area contributed by atoms with Crippen molar-refractivity contribution in [2.75, 3.05) is 11.9 Å². The molecule has 2 aromatic carbocycles. The number of hydrogen-bond acceptors (Lipinski definition) is 3. The molecule has 0 aromatic heterocycles. The summed E-state index contributed by atoms with van der Waals surface area (Å²) in [5.74, 6) is 0. The zero-order valence-electron chi connectivity index (χ0n) is 10.7. The molecule has 1 heterocycles. The highest BCUT2D eigenvalue weighted by Gasteiger charge is 2.18. The molecule has 0 bridgehead atoms. The topological polar surface area (TPSA) is 24.4 Å². The molecular weight excluding hydrogens is 288 g/mol. The minimum Gasteiger partial charge on any atom is -0.376 e. The lowest BCUT2D eigenvalue weighted by atomic mass is 10.0. The van der Waals surface area contributed by atoms with Gasteiger partial charge in [-0.1, -0.05) is 54.2 Å². The second-order valence-electron chi connectivity index (χ2n) is 4.63. The van der Waals surface area contributed by atoms with Crippen molar-refractivity contribution in [1.29, 1.82) is 0 Å². The van der Waals surface area contributed by atoms with Gasteiger partial charge in [-0.3, -0.25) is 4.99 Å². The zero-order chi connectivity index (χ0) is 13.9. The fourth-order valence-electron chi connectivity index (χ4n) is 2.28. The van der Waals surface area contributed by atoms with Crippen LogP contribution >= 0.6 is 23.8 Å². The maximum Gasteiger partial charge on any atom is 0.0742 e. The van der Waals surface area contributed by atoms with E-state index in [2.05, 4.69) is 17.4 Å². The first-order valence-electron chi connectivity index (χ1n) is 6.39. The van der Waals surface area contributed by atoms with E-state index in [1.807, 2.05) is 36.4 Å². The van der Waals surface area contributed by atoms with Crippen LogP contribution in [0.4, 0.5) is 5.69 Å². The second kappa shape index (κ2) is 5.73. The number of halogens is 1. The van der Waals surface area contributed by atoms with Crippen LogP contribution in [0.3, 0.4) is 0 Å². The van der Waals surface area contributed by atoms with Crippen molar-refractivity contribution in [3.8, 4) is 0 Å². The number of benzodiazepines with no additional fused rings is 1. The third-order valence-electron chi connectivity index (χ3n) is 3.24. The standard InChI is InChI=1S/C16H13ClN2S/c17-12-6-7-15-14(8-12)16(11-4-2-1-3-5-11)18-9-13(10-20)19-15/h1-8,10,13,19H,9H2. The average Bonchev–Trinajstić information content (AvgIpc) is 2.67. The molecule has 1 N–H and O–H groups in total. The second-order valence-corrected chi connectivity index (χ2v) is 5.34. The Morgan fingerprint density at radius 2 is 2.00 bits per heavy atom. The Morgan fingerprint density at radius 3 is 2.75 bits per heavy atom. The molecule has 0 spiro atoms. The maximum atomic E-state index is 6.14. The van der Waals surface area contributed by atoms with Crippen LogP contribution in [0.2, 0.25) is 5.02 Å². The highest BCUT2D eigenvalue weighted by Crippen LogP contribution is 2.26. The van der Waals surface area contributed by atoms with Gasteiger partial charge in [0.25, 0.3) is 0 Å². The first kappa shape index (κ1) is 13.3. The van der Waals surface area contributed by atoms with Crippen LogP contribution in [0.25, 0.3) is 0 Å². The summed E-state index contributed by atoms with van der Waals surface area (Å²) in [6.45, 7) is 0.625. The lowest BCUT2D eigenvalue weighted by Gasteiger charge is -2.13. The van der Waals surface area contributed by atoms with E-state index in [1.165, 1.54) is 0 Å². The van der Waals surface area contributed by atoms with Gasteiger partial charge in [0, 0.05) is 27.2 Å². The lowest BCUT2D eigenvalue weighted by molar-refractivity contribution is 0.947. The van der Waals surface area contributed by atoms with Crippen LogP contribution in [0.5, 0.6) is 0 Å². The number of hydrogen-bond donors (Lipinski definition) is 1. The molecule has 20 heavy (non-hydrogen) atoms. The van der Waals surface area contributed by atoms with Crippen LogP contribution in [-0.4, -0.2) is 23.7 Å². The highest BCUT2D eigenvalue weighted by molar-refractivity contribution is 7.79. The van der Waals surface area contributed by atoms with Gasteiger partial charge in [0.1, 0.15) is 0 Å². The molecule has 0 aliphatic carbocycles. The summed E-state index contributed by atoms with van der Waals surface area (Å²) in [4.78, 5) is 4.73. The zero-order valence-corrected chi connectivity index (χ0v) is 12.3. The molecule has 2 aromatic rings. The van der Waals surface area contributed by atoms with Gasteiger partial charge in [-0.15, -0.1) is 0 Å². The van der Waals surface area contributed by atoms with E-state index >= 15 is 0 Å². The summed E-state index contributed by atoms with van der Waals surface area (Å²) in [6.07, 6.45) is 0. The normalized spacial score (nSPS) is 17.4. The van der Waals surface area contributed by atoms with Crippen molar-refractivity contribution in [3.63, 3.8) is 0 Å². The van der Waals surface area contributed by atoms with Gasteiger partial charge in [-0.2, -0.15) is 0 Å². The number of aliphatic imine (C=N–C) groups is 1. The fourth-order valence-corrected chi connectivity index (χ4v) is 2.60. The van der Waals surface area contributed by atoms with Crippen LogP contribution in [-0.2, 0) is 0 Å². The molecule has 0 amide bonds. The SMILES string of the molecule is S=CC1CN=C(c2ccccc2)c2cc(Cl)ccc2N1. The quantitative estimate of drug-likeness (QED) is 0.849. The van der Waals surface area contributed by atoms with Gasteiger partial charge >= 0.3 is 0 Å². The molecule has 1 atom stereocenters. The molecular formula is C16H13ClN2S. The Morgan fingerprint density at radius 1 is 1.20 bits per heavy atom. The Balaban J connectivity index is 2.16. The molecule has 0 radical (unpaired) electrons. The van der Waals surface area contributed by atoms with E-state index in [1.54, 1.807) is 5.37 Å². The van der Waals surface area contributed by atoms with E-state index in [9.17, 15) is 0 Å². The highest BCUT2D eigenvalue weighted by atomic mass is 35.5. The smallest absolute Gasteiger partial charge is 0.0742 e. The first-order valence-corrected chi connectivity index (χ1v) is 7.24. The van der Waals surface area contributed by atoms with Gasteiger partial charge in [0.05, 0.1) is 18.3 Å².